The van der Waals surface area contributed by atoms with Gasteiger partial charge in [0.25, 0.3) is 0 Å². The summed E-state index contributed by atoms with van der Waals surface area (Å²) >= 11 is 0. The van der Waals surface area contributed by atoms with E-state index in [-0.39, 0.29) is 13.0 Å². The Labute approximate surface area is 99.9 Å². The van der Waals surface area contributed by atoms with Gasteiger partial charge in [-0.15, -0.1) is 0 Å². The third-order valence-corrected chi connectivity index (χ3v) is 2.13. The van der Waals surface area contributed by atoms with E-state index in [4.69, 9.17) is 9.47 Å². The quantitative estimate of drug-likeness (QED) is 0.751. The molecular formula is C12H16O5. The van der Waals surface area contributed by atoms with Crippen molar-refractivity contribution >= 4 is 5.97 Å². The van der Waals surface area contributed by atoms with Crippen molar-refractivity contribution in [3.8, 4) is 11.5 Å². The van der Waals surface area contributed by atoms with Crippen LogP contribution in [0.15, 0.2) is 24.3 Å². The summed E-state index contributed by atoms with van der Waals surface area (Å²) in [6.45, 7) is 0.0431. The lowest BCUT2D eigenvalue weighted by Crippen LogP contribution is -2.21. The first kappa shape index (κ1) is 13.3. The van der Waals surface area contributed by atoms with Crippen molar-refractivity contribution in [2.45, 2.75) is 12.5 Å². The smallest absolute Gasteiger partial charge is 0.308 e. The van der Waals surface area contributed by atoms with Crippen LogP contribution in [0.2, 0.25) is 0 Å². The molecule has 0 radical (unpaired) electrons. The minimum atomic E-state index is -0.871. The van der Waals surface area contributed by atoms with E-state index in [1.807, 2.05) is 0 Å². The van der Waals surface area contributed by atoms with Crippen molar-refractivity contribution in [2.24, 2.45) is 0 Å². The van der Waals surface area contributed by atoms with E-state index in [0.717, 1.165) is 5.75 Å². The van der Waals surface area contributed by atoms with Gasteiger partial charge in [-0.3, -0.25) is 4.79 Å². The van der Waals surface area contributed by atoms with Crippen molar-refractivity contribution in [1.29, 1.82) is 0 Å². The molecule has 0 unspecified atom stereocenters. The summed E-state index contributed by atoms with van der Waals surface area (Å²) in [4.78, 5) is 10.9. The number of benzene rings is 1. The molecule has 0 bridgehead atoms. The van der Waals surface area contributed by atoms with Crippen LogP contribution in [-0.2, 0) is 9.53 Å². The van der Waals surface area contributed by atoms with E-state index in [1.54, 1.807) is 31.4 Å². The molecule has 0 amide bonds. The molecule has 1 atom stereocenters. The van der Waals surface area contributed by atoms with Crippen LogP contribution in [-0.4, -0.2) is 38.0 Å². The molecule has 0 spiro atoms. The van der Waals surface area contributed by atoms with E-state index < -0.39 is 12.1 Å². The number of carbonyl (C=O) groups excluding carboxylic acids is 1. The molecule has 0 fully saturated rings. The fourth-order valence-corrected chi connectivity index (χ4v) is 1.20. The van der Waals surface area contributed by atoms with Crippen molar-refractivity contribution < 1.29 is 24.1 Å². The van der Waals surface area contributed by atoms with Gasteiger partial charge < -0.3 is 19.3 Å². The molecule has 1 aromatic carbocycles. The highest BCUT2D eigenvalue weighted by molar-refractivity contribution is 5.69. The second-order valence-electron chi connectivity index (χ2n) is 3.42. The van der Waals surface area contributed by atoms with Crippen LogP contribution in [0, 0.1) is 0 Å². The maximum atomic E-state index is 10.9. The van der Waals surface area contributed by atoms with E-state index in [2.05, 4.69) is 4.74 Å². The molecule has 94 valence electrons. The first-order valence-corrected chi connectivity index (χ1v) is 5.17. The Kier molecular flexibility index (Phi) is 5.29. The van der Waals surface area contributed by atoms with E-state index in [0.29, 0.717) is 5.75 Å². The van der Waals surface area contributed by atoms with Gasteiger partial charge in [0.15, 0.2) is 0 Å². The standard InChI is InChI=1S/C12H16O5/c1-15-10-3-5-11(6-4-10)17-8-9(13)7-12(14)16-2/h3-6,9,13H,7-8H2,1-2H3/t9-/m1/s1. The van der Waals surface area contributed by atoms with Crippen LogP contribution in [0.5, 0.6) is 11.5 Å². The van der Waals surface area contributed by atoms with Crippen LogP contribution >= 0.6 is 0 Å². The summed E-state index contributed by atoms with van der Waals surface area (Å²) in [7, 11) is 2.86. The van der Waals surface area contributed by atoms with Crippen molar-refractivity contribution in [2.75, 3.05) is 20.8 Å². The van der Waals surface area contributed by atoms with E-state index in [1.165, 1.54) is 7.11 Å². The Bertz CT molecular complexity index is 346. The predicted octanol–water partition coefficient (Wildman–Crippen LogP) is 0.998. The Morgan fingerprint density at radius 3 is 2.35 bits per heavy atom. The summed E-state index contributed by atoms with van der Waals surface area (Å²) in [5.41, 5.74) is 0. The zero-order valence-electron chi connectivity index (χ0n) is 9.88. The third kappa shape index (κ3) is 4.74. The highest BCUT2D eigenvalue weighted by atomic mass is 16.5. The van der Waals surface area contributed by atoms with Crippen LogP contribution in [0.25, 0.3) is 0 Å². The average Bonchev–Trinajstić information content (AvgIpc) is 2.36. The van der Waals surface area contributed by atoms with Gasteiger partial charge in [-0.05, 0) is 24.3 Å². The van der Waals surface area contributed by atoms with Crippen LogP contribution < -0.4 is 9.47 Å². The maximum absolute atomic E-state index is 10.9. The number of methoxy groups -OCH3 is 2. The summed E-state index contributed by atoms with van der Waals surface area (Å²) in [6, 6.07) is 6.96. The molecule has 0 aliphatic carbocycles. The Hall–Kier alpha value is -1.75. The fraction of sp³-hybridized carbons (Fsp3) is 0.417. The topological polar surface area (TPSA) is 65.0 Å². The van der Waals surface area contributed by atoms with Crippen molar-refractivity contribution in [3.05, 3.63) is 24.3 Å². The third-order valence-electron chi connectivity index (χ3n) is 2.13. The lowest BCUT2D eigenvalue weighted by Gasteiger charge is -2.11. The predicted molar refractivity (Wildman–Crippen MR) is 61.1 cm³/mol. The van der Waals surface area contributed by atoms with Gasteiger partial charge in [0, 0.05) is 0 Å². The Morgan fingerprint density at radius 1 is 1.24 bits per heavy atom. The highest BCUT2D eigenvalue weighted by Gasteiger charge is 2.11. The molecule has 17 heavy (non-hydrogen) atoms. The number of aliphatic hydroxyl groups excluding tert-OH is 1. The lowest BCUT2D eigenvalue weighted by atomic mass is 10.2. The van der Waals surface area contributed by atoms with Crippen molar-refractivity contribution in [1.82, 2.24) is 0 Å². The van der Waals surface area contributed by atoms with E-state index in [9.17, 15) is 9.90 Å². The molecular weight excluding hydrogens is 224 g/mol. The first-order valence-electron chi connectivity index (χ1n) is 5.17. The van der Waals surface area contributed by atoms with Gasteiger partial charge in [0.1, 0.15) is 18.1 Å². The van der Waals surface area contributed by atoms with Gasteiger partial charge in [0.2, 0.25) is 0 Å². The van der Waals surface area contributed by atoms with Gasteiger partial charge in [-0.25, -0.2) is 0 Å². The minimum absolute atomic E-state index is 0.0431. The second-order valence-corrected chi connectivity index (χ2v) is 3.42. The van der Waals surface area contributed by atoms with Gasteiger partial charge >= 0.3 is 5.97 Å². The molecule has 5 heteroatoms. The molecule has 0 saturated heterocycles. The van der Waals surface area contributed by atoms with Crippen molar-refractivity contribution in [3.63, 3.8) is 0 Å². The van der Waals surface area contributed by atoms with Gasteiger partial charge in [-0.1, -0.05) is 0 Å². The molecule has 0 heterocycles. The van der Waals surface area contributed by atoms with Crippen LogP contribution in [0.3, 0.4) is 0 Å². The number of esters is 1. The zero-order chi connectivity index (χ0) is 12.7. The second kappa shape index (κ2) is 6.75. The zero-order valence-corrected chi connectivity index (χ0v) is 9.88. The summed E-state index contributed by atoms with van der Waals surface area (Å²) in [6.07, 6.45) is -0.948. The molecule has 0 aliphatic rings. The SMILES string of the molecule is COC(=O)C[C@@H](O)COc1ccc(OC)cc1. The van der Waals surface area contributed by atoms with Crippen LogP contribution in [0.1, 0.15) is 6.42 Å². The monoisotopic (exact) mass is 240 g/mol. The van der Waals surface area contributed by atoms with E-state index >= 15 is 0 Å². The van der Waals surface area contributed by atoms with Crippen LogP contribution in [0.4, 0.5) is 0 Å². The fourth-order valence-electron chi connectivity index (χ4n) is 1.20. The highest BCUT2D eigenvalue weighted by Crippen LogP contribution is 2.17. The summed E-state index contributed by atoms with van der Waals surface area (Å²) in [5.74, 6) is 0.873. The minimum Gasteiger partial charge on any atom is -0.497 e. The Balaban J connectivity index is 2.36. The Morgan fingerprint density at radius 2 is 1.82 bits per heavy atom. The number of carbonyl (C=O) groups is 1. The molecule has 0 aliphatic heterocycles. The molecule has 1 rings (SSSR count). The number of hydrogen-bond acceptors (Lipinski definition) is 5. The molecule has 5 nitrogen and oxygen atoms in total. The summed E-state index contributed by atoms with van der Waals surface area (Å²) in [5, 5.41) is 9.46. The number of aliphatic hydroxyl groups is 1. The molecule has 1 aromatic rings. The molecule has 0 aromatic heterocycles. The maximum Gasteiger partial charge on any atom is 0.308 e. The number of hydrogen-bond donors (Lipinski definition) is 1. The van der Waals surface area contributed by atoms with Gasteiger partial charge in [-0.2, -0.15) is 0 Å². The lowest BCUT2D eigenvalue weighted by molar-refractivity contribution is -0.143. The number of ether oxygens (including phenoxy) is 3. The molecule has 1 N–H and O–H groups in total. The normalized spacial score (nSPS) is 11.7. The van der Waals surface area contributed by atoms with Gasteiger partial charge in [0.05, 0.1) is 26.7 Å². The number of rotatable bonds is 6. The average molecular weight is 240 g/mol. The largest absolute Gasteiger partial charge is 0.497 e. The summed E-state index contributed by atoms with van der Waals surface area (Å²) < 4.78 is 14.7. The molecule has 0 saturated carbocycles. The first-order chi connectivity index (χ1) is 8.15.